The van der Waals surface area contributed by atoms with E-state index in [-0.39, 0.29) is 17.1 Å². The van der Waals surface area contributed by atoms with E-state index >= 15 is 0 Å². The summed E-state index contributed by atoms with van der Waals surface area (Å²) in [5.41, 5.74) is -0.765. The Kier molecular flexibility index (Phi) is 3.77. The standard InChI is InChI=1S/C16H13ClFN3O2/c1-16(13-7-2-3-8-19-13)14(22)21(15(23)20-16)9-10-11(17)5-4-6-12(10)18/h2-8H,9H2,1H3,(H,20,23)/t16-/m1/s1. The molecule has 1 saturated heterocycles. The first-order valence-electron chi connectivity index (χ1n) is 6.92. The zero-order chi connectivity index (χ0) is 16.6. The van der Waals surface area contributed by atoms with Crippen LogP contribution in [0.5, 0.6) is 0 Å². The number of nitrogens with one attached hydrogen (secondary N) is 1. The van der Waals surface area contributed by atoms with Crippen LogP contribution in [0.15, 0.2) is 42.6 Å². The van der Waals surface area contributed by atoms with Crippen LogP contribution in [0, 0.1) is 5.82 Å². The monoisotopic (exact) mass is 333 g/mol. The van der Waals surface area contributed by atoms with Gasteiger partial charge >= 0.3 is 6.03 Å². The number of benzene rings is 1. The first-order chi connectivity index (χ1) is 10.9. The zero-order valence-corrected chi connectivity index (χ0v) is 13.0. The molecule has 1 aliphatic rings. The number of carbonyl (C=O) groups excluding carboxylic acids is 2. The van der Waals surface area contributed by atoms with Gasteiger partial charge in [0.2, 0.25) is 0 Å². The van der Waals surface area contributed by atoms with Crippen LogP contribution in [0.3, 0.4) is 0 Å². The van der Waals surface area contributed by atoms with Crippen molar-refractivity contribution >= 4 is 23.5 Å². The molecule has 1 N–H and O–H groups in total. The fourth-order valence-electron chi connectivity index (χ4n) is 2.51. The Morgan fingerprint density at radius 2 is 2.04 bits per heavy atom. The predicted molar refractivity (Wildman–Crippen MR) is 82.1 cm³/mol. The highest BCUT2D eigenvalue weighted by molar-refractivity contribution is 6.31. The molecule has 0 spiro atoms. The lowest BCUT2D eigenvalue weighted by Gasteiger charge is -2.21. The van der Waals surface area contributed by atoms with Crippen LogP contribution in [0.4, 0.5) is 9.18 Å². The molecular weight excluding hydrogens is 321 g/mol. The second-order valence-electron chi connectivity index (χ2n) is 5.36. The summed E-state index contributed by atoms with van der Waals surface area (Å²) in [6.45, 7) is 1.33. The molecule has 0 saturated carbocycles. The maximum absolute atomic E-state index is 13.9. The summed E-state index contributed by atoms with van der Waals surface area (Å²) < 4.78 is 13.9. The third-order valence-corrected chi connectivity index (χ3v) is 4.18. The molecule has 1 aromatic heterocycles. The quantitative estimate of drug-likeness (QED) is 0.879. The lowest BCUT2D eigenvalue weighted by Crippen LogP contribution is -2.41. The molecule has 3 rings (SSSR count). The SMILES string of the molecule is C[C@]1(c2ccccn2)NC(=O)N(Cc2c(F)cccc2Cl)C1=O. The molecule has 23 heavy (non-hydrogen) atoms. The lowest BCUT2D eigenvalue weighted by atomic mass is 9.97. The normalized spacial score (nSPS) is 20.7. The molecule has 3 amide bonds. The van der Waals surface area contributed by atoms with Gasteiger partial charge in [-0.15, -0.1) is 0 Å². The van der Waals surface area contributed by atoms with Crippen LogP contribution in [0.2, 0.25) is 5.02 Å². The minimum atomic E-state index is -1.28. The number of urea groups is 1. The molecule has 1 atom stereocenters. The van der Waals surface area contributed by atoms with Crippen molar-refractivity contribution in [1.82, 2.24) is 15.2 Å². The van der Waals surface area contributed by atoms with E-state index < -0.39 is 23.3 Å². The summed E-state index contributed by atoms with van der Waals surface area (Å²) in [6, 6.07) is 8.69. The summed E-state index contributed by atoms with van der Waals surface area (Å²) in [6.07, 6.45) is 1.54. The number of carbonyl (C=O) groups is 2. The number of nitrogens with zero attached hydrogens (tertiary/aromatic N) is 2. The first kappa shape index (κ1) is 15.4. The van der Waals surface area contributed by atoms with Crippen LogP contribution in [0.25, 0.3) is 0 Å². The van der Waals surface area contributed by atoms with Gasteiger partial charge in [0, 0.05) is 16.8 Å². The minimum absolute atomic E-state index is 0.0999. The third kappa shape index (κ3) is 2.55. The average Bonchev–Trinajstić information content (AvgIpc) is 2.75. The average molecular weight is 334 g/mol. The molecule has 0 radical (unpaired) electrons. The molecule has 0 bridgehead atoms. The number of hydrogen-bond acceptors (Lipinski definition) is 3. The molecular formula is C16H13ClFN3O2. The van der Waals surface area contributed by atoms with Gasteiger partial charge in [-0.25, -0.2) is 9.18 Å². The van der Waals surface area contributed by atoms with Crippen LogP contribution < -0.4 is 5.32 Å². The highest BCUT2D eigenvalue weighted by Gasteiger charge is 2.50. The van der Waals surface area contributed by atoms with Crippen LogP contribution >= 0.6 is 11.6 Å². The number of halogens is 2. The van der Waals surface area contributed by atoms with Gasteiger partial charge in [-0.3, -0.25) is 14.7 Å². The number of amides is 3. The van der Waals surface area contributed by atoms with Crippen molar-refractivity contribution in [1.29, 1.82) is 0 Å². The van der Waals surface area contributed by atoms with Crippen molar-refractivity contribution in [2.75, 3.05) is 0 Å². The van der Waals surface area contributed by atoms with E-state index in [2.05, 4.69) is 10.3 Å². The maximum atomic E-state index is 13.9. The zero-order valence-electron chi connectivity index (χ0n) is 12.2. The number of imide groups is 1. The van der Waals surface area contributed by atoms with Gasteiger partial charge in [0.1, 0.15) is 5.82 Å². The van der Waals surface area contributed by atoms with Crippen LogP contribution in [0.1, 0.15) is 18.2 Å². The Hall–Kier alpha value is -2.47. The molecule has 7 heteroatoms. The molecule has 2 heterocycles. The Bertz CT molecular complexity index is 764. The molecule has 0 unspecified atom stereocenters. The molecule has 5 nitrogen and oxygen atoms in total. The molecule has 2 aromatic rings. The molecule has 1 aromatic carbocycles. The van der Waals surface area contributed by atoms with Crippen molar-refractivity contribution in [3.63, 3.8) is 0 Å². The van der Waals surface area contributed by atoms with E-state index in [1.807, 2.05) is 0 Å². The Morgan fingerprint density at radius 1 is 1.26 bits per heavy atom. The summed E-state index contributed by atoms with van der Waals surface area (Å²) in [5.74, 6) is -1.06. The Balaban J connectivity index is 1.94. The van der Waals surface area contributed by atoms with Gasteiger partial charge in [-0.1, -0.05) is 23.7 Å². The van der Waals surface area contributed by atoms with E-state index in [9.17, 15) is 14.0 Å². The second-order valence-corrected chi connectivity index (χ2v) is 5.77. The van der Waals surface area contributed by atoms with E-state index in [0.29, 0.717) is 5.69 Å². The number of rotatable bonds is 3. The highest BCUT2D eigenvalue weighted by Crippen LogP contribution is 2.30. The molecule has 118 valence electrons. The van der Waals surface area contributed by atoms with E-state index in [4.69, 9.17) is 11.6 Å². The summed E-state index contributed by atoms with van der Waals surface area (Å²) in [4.78, 5) is 30.0. The van der Waals surface area contributed by atoms with Crippen molar-refractivity contribution in [3.8, 4) is 0 Å². The predicted octanol–water partition coefficient (Wildman–Crippen LogP) is 2.84. The van der Waals surface area contributed by atoms with Crippen LogP contribution in [-0.2, 0) is 16.9 Å². The number of aromatic nitrogens is 1. The Labute approximate surface area is 137 Å². The van der Waals surface area contributed by atoms with Gasteiger partial charge < -0.3 is 5.32 Å². The lowest BCUT2D eigenvalue weighted by molar-refractivity contribution is -0.131. The summed E-state index contributed by atoms with van der Waals surface area (Å²) >= 11 is 5.97. The van der Waals surface area contributed by atoms with Gasteiger partial charge in [-0.05, 0) is 31.2 Å². The smallest absolute Gasteiger partial charge is 0.318 e. The Morgan fingerprint density at radius 3 is 2.70 bits per heavy atom. The maximum Gasteiger partial charge on any atom is 0.325 e. The van der Waals surface area contributed by atoms with E-state index in [0.717, 1.165) is 4.90 Å². The summed E-state index contributed by atoms with van der Waals surface area (Å²) in [7, 11) is 0. The highest BCUT2D eigenvalue weighted by atomic mass is 35.5. The van der Waals surface area contributed by atoms with Gasteiger partial charge in [-0.2, -0.15) is 0 Å². The van der Waals surface area contributed by atoms with Crippen LogP contribution in [-0.4, -0.2) is 21.8 Å². The second kappa shape index (κ2) is 5.62. The minimum Gasteiger partial charge on any atom is -0.318 e. The number of pyridine rings is 1. The van der Waals surface area contributed by atoms with Crippen molar-refractivity contribution in [2.24, 2.45) is 0 Å². The van der Waals surface area contributed by atoms with Crippen molar-refractivity contribution in [3.05, 3.63) is 64.7 Å². The first-order valence-corrected chi connectivity index (χ1v) is 7.30. The van der Waals surface area contributed by atoms with Crippen molar-refractivity contribution < 1.29 is 14.0 Å². The summed E-state index contributed by atoms with van der Waals surface area (Å²) in [5, 5.41) is 2.78. The number of hydrogen-bond donors (Lipinski definition) is 1. The van der Waals surface area contributed by atoms with E-state index in [1.54, 1.807) is 25.1 Å². The van der Waals surface area contributed by atoms with Crippen molar-refractivity contribution in [2.45, 2.75) is 19.0 Å². The topological polar surface area (TPSA) is 62.3 Å². The molecule has 1 fully saturated rings. The van der Waals surface area contributed by atoms with Gasteiger partial charge in [0.25, 0.3) is 5.91 Å². The third-order valence-electron chi connectivity index (χ3n) is 3.83. The van der Waals surface area contributed by atoms with Gasteiger partial charge in [0.05, 0.1) is 12.2 Å². The fourth-order valence-corrected chi connectivity index (χ4v) is 2.74. The fraction of sp³-hybridized carbons (Fsp3) is 0.188. The molecule has 1 aliphatic heterocycles. The largest absolute Gasteiger partial charge is 0.325 e. The van der Waals surface area contributed by atoms with Gasteiger partial charge in [0.15, 0.2) is 5.54 Å². The van der Waals surface area contributed by atoms with E-state index in [1.165, 1.54) is 24.4 Å². The molecule has 0 aliphatic carbocycles.